The molecule has 1 aromatic carbocycles. The van der Waals surface area contributed by atoms with Crippen LogP contribution in [0.2, 0.25) is 0 Å². The van der Waals surface area contributed by atoms with Crippen molar-refractivity contribution in [1.29, 1.82) is 0 Å². The molecule has 0 spiro atoms. The number of hydrogen-bond acceptors (Lipinski definition) is 5. The van der Waals surface area contributed by atoms with Crippen LogP contribution in [0.5, 0.6) is 5.75 Å². The molecule has 3 rings (SSSR count). The molecule has 1 atom stereocenters. The van der Waals surface area contributed by atoms with Crippen molar-refractivity contribution in [2.75, 3.05) is 6.54 Å². The minimum absolute atomic E-state index is 0.164. The molecule has 18 heavy (non-hydrogen) atoms. The molecule has 1 aromatic heterocycles. The fourth-order valence-electron chi connectivity index (χ4n) is 2.20. The Morgan fingerprint density at radius 3 is 3.06 bits per heavy atom. The molecule has 1 saturated heterocycles. The van der Waals surface area contributed by atoms with E-state index in [9.17, 15) is 5.11 Å². The summed E-state index contributed by atoms with van der Waals surface area (Å²) < 4.78 is 5.29. The molecule has 2 N–H and O–H groups in total. The third-order valence-corrected chi connectivity index (χ3v) is 3.15. The van der Waals surface area contributed by atoms with Crippen LogP contribution in [0.4, 0.5) is 0 Å². The van der Waals surface area contributed by atoms with Crippen LogP contribution in [-0.4, -0.2) is 21.8 Å². The number of phenols is 1. The zero-order valence-electron chi connectivity index (χ0n) is 9.97. The lowest BCUT2D eigenvalue weighted by Crippen LogP contribution is -2.26. The molecule has 0 radical (unpaired) electrons. The summed E-state index contributed by atoms with van der Waals surface area (Å²) in [6.45, 7) is 0.995. The lowest BCUT2D eigenvalue weighted by molar-refractivity contribution is 0.297. The number of phenolic OH excluding ortho intramolecular Hbond substituents is 1. The molecule has 94 valence electrons. The molecular weight excluding hydrogens is 230 g/mol. The molecule has 1 aliphatic rings. The van der Waals surface area contributed by atoms with Gasteiger partial charge in [0.2, 0.25) is 11.7 Å². The number of rotatable bonds is 2. The van der Waals surface area contributed by atoms with Gasteiger partial charge in [-0.25, -0.2) is 0 Å². The first-order valence-corrected chi connectivity index (χ1v) is 6.19. The third kappa shape index (κ3) is 2.22. The van der Waals surface area contributed by atoms with Crippen LogP contribution < -0.4 is 5.32 Å². The van der Waals surface area contributed by atoms with E-state index in [1.807, 2.05) is 6.07 Å². The summed E-state index contributed by atoms with van der Waals surface area (Å²) in [5.41, 5.74) is 0.765. The zero-order valence-corrected chi connectivity index (χ0v) is 9.97. The van der Waals surface area contributed by atoms with E-state index in [0.29, 0.717) is 11.7 Å². The first kappa shape index (κ1) is 11.2. The first-order chi connectivity index (χ1) is 8.83. The highest BCUT2D eigenvalue weighted by molar-refractivity contribution is 5.56. The van der Waals surface area contributed by atoms with E-state index in [-0.39, 0.29) is 11.8 Å². The van der Waals surface area contributed by atoms with E-state index in [2.05, 4.69) is 15.5 Å². The second-order valence-corrected chi connectivity index (χ2v) is 4.51. The zero-order chi connectivity index (χ0) is 12.4. The number of nitrogens with zero attached hydrogens (tertiary/aromatic N) is 2. The molecule has 5 heteroatoms. The van der Waals surface area contributed by atoms with E-state index < -0.39 is 0 Å². The van der Waals surface area contributed by atoms with Crippen LogP contribution in [0.3, 0.4) is 0 Å². The average Bonchev–Trinajstić information content (AvgIpc) is 2.89. The molecule has 2 heterocycles. The molecule has 0 aliphatic carbocycles. The average molecular weight is 245 g/mol. The molecule has 1 unspecified atom stereocenters. The largest absolute Gasteiger partial charge is 0.508 e. The van der Waals surface area contributed by atoms with E-state index in [1.54, 1.807) is 18.2 Å². The molecule has 1 aliphatic heterocycles. The lowest BCUT2D eigenvalue weighted by atomic mass is 10.1. The van der Waals surface area contributed by atoms with E-state index in [0.717, 1.165) is 18.5 Å². The molecule has 0 saturated carbocycles. The SMILES string of the molecule is Oc1cccc(-c2noc(C3CCCCN3)n2)c1. The minimum Gasteiger partial charge on any atom is -0.508 e. The van der Waals surface area contributed by atoms with E-state index in [4.69, 9.17) is 4.52 Å². The van der Waals surface area contributed by atoms with Gasteiger partial charge in [0, 0.05) is 5.56 Å². The van der Waals surface area contributed by atoms with Crippen molar-refractivity contribution in [3.05, 3.63) is 30.2 Å². The maximum Gasteiger partial charge on any atom is 0.244 e. The summed E-state index contributed by atoms with van der Waals surface area (Å²) in [5.74, 6) is 1.36. The number of piperidine rings is 1. The molecule has 0 bridgehead atoms. The summed E-state index contributed by atoms with van der Waals surface area (Å²) in [5, 5.41) is 16.8. The highest BCUT2D eigenvalue weighted by Crippen LogP contribution is 2.25. The number of aromatic hydroxyl groups is 1. The highest BCUT2D eigenvalue weighted by Gasteiger charge is 2.21. The van der Waals surface area contributed by atoms with Crippen LogP contribution in [-0.2, 0) is 0 Å². The Balaban J connectivity index is 1.84. The van der Waals surface area contributed by atoms with Crippen molar-refractivity contribution in [1.82, 2.24) is 15.5 Å². The van der Waals surface area contributed by atoms with Gasteiger partial charge in [0.15, 0.2) is 0 Å². The Hall–Kier alpha value is -1.88. The van der Waals surface area contributed by atoms with Crippen LogP contribution in [0, 0.1) is 0 Å². The lowest BCUT2D eigenvalue weighted by Gasteiger charge is -2.19. The molecule has 1 fully saturated rings. The number of aromatic nitrogens is 2. The van der Waals surface area contributed by atoms with Crippen LogP contribution in [0.1, 0.15) is 31.2 Å². The van der Waals surface area contributed by atoms with Gasteiger partial charge in [0.25, 0.3) is 0 Å². The predicted octanol–water partition coefficient (Wildman–Crippen LogP) is 2.26. The number of nitrogens with one attached hydrogen (secondary N) is 1. The Bertz CT molecular complexity index is 533. The second kappa shape index (κ2) is 4.78. The molecular formula is C13H15N3O2. The molecule has 0 amide bonds. The summed E-state index contributed by atoms with van der Waals surface area (Å²) >= 11 is 0. The predicted molar refractivity (Wildman–Crippen MR) is 66.0 cm³/mol. The van der Waals surface area contributed by atoms with Gasteiger partial charge in [-0.2, -0.15) is 4.98 Å². The Labute approximate surface area is 105 Å². The topological polar surface area (TPSA) is 71.2 Å². The smallest absolute Gasteiger partial charge is 0.244 e. The van der Waals surface area contributed by atoms with Gasteiger partial charge in [0.1, 0.15) is 5.75 Å². The third-order valence-electron chi connectivity index (χ3n) is 3.15. The van der Waals surface area contributed by atoms with Crippen molar-refractivity contribution in [2.24, 2.45) is 0 Å². The fraction of sp³-hybridized carbons (Fsp3) is 0.385. The van der Waals surface area contributed by atoms with Gasteiger partial charge in [-0.05, 0) is 31.5 Å². The van der Waals surface area contributed by atoms with Crippen LogP contribution in [0.25, 0.3) is 11.4 Å². The van der Waals surface area contributed by atoms with Gasteiger partial charge >= 0.3 is 0 Å². The summed E-state index contributed by atoms with van der Waals surface area (Å²) in [6, 6.07) is 7.02. The van der Waals surface area contributed by atoms with Crippen LogP contribution >= 0.6 is 0 Å². The summed E-state index contributed by atoms with van der Waals surface area (Å²) in [7, 11) is 0. The van der Waals surface area contributed by atoms with Gasteiger partial charge < -0.3 is 14.9 Å². The number of benzene rings is 1. The molecule has 2 aromatic rings. The summed E-state index contributed by atoms with van der Waals surface area (Å²) in [4.78, 5) is 4.39. The normalized spacial score (nSPS) is 19.9. The van der Waals surface area contributed by atoms with Gasteiger partial charge in [0.05, 0.1) is 6.04 Å². The van der Waals surface area contributed by atoms with Gasteiger partial charge in [-0.1, -0.05) is 23.7 Å². The van der Waals surface area contributed by atoms with E-state index in [1.165, 1.54) is 12.8 Å². The fourth-order valence-corrected chi connectivity index (χ4v) is 2.20. The van der Waals surface area contributed by atoms with E-state index >= 15 is 0 Å². The van der Waals surface area contributed by atoms with Crippen molar-refractivity contribution in [3.8, 4) is 17.1 Å². The quantitative estimate of drug-likeness (QED) is 0.849. The maximum absolute atomic E-state index is 9.43. The minimum atomic E-state index is 0.164. The van der Waals surface area contributed by atoms with Crippen molar-refractivity contribution >= 4 is 0 Å². The number of hydrogen-bond donors (Lipinski definition) is 2. The second-order valence-electron chi connectivity index (χ2n) is 4.51. The van der Waals surface area contributed by atoms with Crippen molar-refractivity contribution < 1.29 is 9.63 Å². The van der Waals surface area contributed by atoms with Gasteiger partial charge in [-0.15, -0.1) is 0 Å². The Morgan fingerprint density at radius 2 is 2.28 bits per heavy atom. The van der Waals surface area contributed by atoms with Crippen molar-refractivity contribution in [3.63, 3.8) is 0 Å². The first-order valence-electron chi connectivity index (χ1n) is 6.19. The molecule has 5 nitrogen and oxygen atoms in total. The van der Waals surface area contributed by atoms with Gasteiger partial charge in [-0.3, -0.25) is 0 Å². The standard InChI is InChI=1S/C13H15N3O2/c17-10-5-3-4-9(8-10)12-15-13(18-16-12)11-6-1-2-7-14-11/h3-5,8,11,14,17H,1-2,6-7H2. The summed E-state index contributed by atoms with van der Waals surface area (Å²) in [6.07, 6.45) is 3.41. The monoisotopic (exact) mass is 245 g/mol. The Kier molecular flexibility index (Phi) is 2.98. The Morgan fingerprint density at radius 1 is 1.33 bits per heavy atom. The van der Waals surface area contributed by atoms with Crippen LogP contribution in [0.15, 0.2) is 28.8 Å². The maximum atomic E-state index is 9.43. The highest BCUT2D eigenvalue weighted by atomic mass is 16.5. The van der Waals surface area contributed by atoms with Crippen molar-refractivity contribution in [2.45, 2.75) is 25.3 Å².